The summed E-state index contributed by atoms with van der Waals surface area (Å²) in [5, 5.41) is 7.14. The summed E-state index contributed by atoms with van der Waals surface area (Å²) in [7, 11) is 0. The lowest BCUT2D eigenvalue weighted by atomic mass is 9.78. The number of aryl methyl sites for hydroxylation is 1. The zero-order valence-corrected chi connectivity index (χ0v) is 16.8. The van der Waals surface area contributed by atoms with Crippen molar-refractivity contribution in [3.05, 3.63) is 107 Å². The average Bonchev–Trinajstić information content (AvgIpc) is 2.91. The van der Waals surface area contributed by atoms with E-state index in [0.29, 0.717) is 12.8 Å². The molecule has 3 aromatic rings. The molecule has 0 fully saturated rings. The molecule has 0 aromatic heterocycles. The van der Waals surface area contributed by atoms with E-state index in [9.17, 15) is 9.18 Å². The standard InChI is InChI=1S/C26H23FN2O/c1-16-5-4-6-18(13-16)26-25-23(28-21-7-2-3-8-22(21)29-26)14-19(15-24(25)30)17-9-11-20(27)12-10-17/h2-13,19,26,28-29H,14-15H2,1H3. The molecule has 0 saturated carbocycles. The van der Waals surface area contributed by atoms with Crippen molar-refractivity contribution in [2.45, 2.75) is 31.7 Å². The van der Waals surface area contributed by atoms with E-state index in [0.717, 1.165) is 39.3 Å². The van der Waals surface area contributed by atoms with E-state index >= 15 is 0 Å². The van der Waals surface area contributed by atoms with Crippen LogP contribution in [0.5, 0.6) is 0 Å². The Morgan fingerprint density at radius 3 is 2.40 bits per heavy atom. The van der Waals surface area contributed by atoms with Gasteiger partial charge in [-0.05, 0) is 54.7 Å². The lowest BCUT2D eigenvalue weighted by Crippen LogP contribution is -2.26. The van der Waals surface area contributed by atoms with Crippen molar-refractivity contribution >= 4 is 17.2 Å². The van der Waals surface area contributed by atoms with Crippen molar-refractivity contribution in [2.24, 2.45) is 0 Å². The van der Waals surface area contributed by atoms with Gasteiger partial charge in [0.05, 0.1) is 17.4 Å². The largest absolute Gasteiger partial charge is 0.372 e. The molecule has 3 nitrogen and oxygen atoms in total. The van der Waals surface area contributed by atoms with Crippen molar-refractivity contribution in [3.8, 4) is 0 Å². The van der Waals surface area contributed by atoms with Gasteiger partial charge in [0.15, 0.2) is 5.78 Å². The van der Waals surface area contributed by atoms with Gasteiger partial charge in [0.1, 0.15) is 5.82 Å². The van der Waals surface area contributed by atoms with Gasteiger partial charge in [0.2, 0.25) is 0 Å². The van der Waals surface area contributed by atoms with E-state index in [1.54, 1.807) is 12.1 Å². The Kier molecular flexibility index (Phi) is 4.62. The van der Waals surface area contributed by atoms with E-state index in [4.69, 9.17) is 0 Å². The van der Waals surface area contributed by atoms with E-state index < -0.39 is 0 Å². The second-order valence-electron chi connectivity index (χ2n) is 8.13. The second-order valence-corrected chi connectivity index (χ2v) is 8.13. The number of hydrogen-bond donors (Lipinski definition) is 2. The van der Waals surface area contributed by atoms with E-state index in [2.05, 4.69) is 35.8 Å². The fourth-order valence-electron chi connectivity index (χ4n) is 4.56. The topological polar surface area (TPSA) is 41.1 Å². The molecule has 0 radical (unpaired) electrons. The van der Waals surface area contributed by atoms with Gasteiger partial charge in [-0.25, -0.2) is 4.39 Å². The molecule has 0 amide bonds. The Labute approximate surface area is 175 Å². The van der Waals surface area contributed by atoms with Crippen LogP contribution >= 0.6 is 0 Å². The smallest absolute Gasteiger partial charge is 0.163 e. The summed E-state index contributed by atoms with van der Waals surface area (Å²) in [6.07, 6.45) is 1.14. The highest BCUT2D eigenvalue weighted by molar-refractivity contribution is 6.01. The molecular formula is C26H23FN2O. The molecule has 1 aliphatic heterocycles. The molecule has 0 bridgehead atoms. The number of ketones is 1. The Morgan fingerprint density at radius 2 is 1.63 bits per heavy atom. The van der Waals surface area contributed by atoms with E-state index in [-0.39, 0.29) is 23.6 Å². The molecule has 2 atom stereocenters. The number of hydrogen-bond acceptors (Lipinski definition) is 3. The zero-order chi connectivity index (χ0) is 20.7. The lowest BCUT2D eigenvalue weighted by molar-refractivity contribution is -0.116. The van der Waals surface area contributed by atoms with Crippen LogP contribution in [0, 0.1) is 12.7 Å². The van der Waals surface area contributed by atoms with Crippen LogP contribution in [0.1, 0.15) is 41.5 Å². The number of carbonyl (C=O) groups is 1. The number of carbonyl (C=O) groups excluding carboxylic acids is 1. The fourth-order valence-corrected chi connectivity index (χ4v) is 4.56. The minimum Gasteiger partial charge on any atom is -0.372 e. The SMILES string of the molecule is Cc1cccc(C2Nc3ccccc3NC3=C2C(=O)CC(c2ccc(F)cc2)C3)c1. The number of benzene rings is 3. The first-order valence-corrected chi connectivity index (χ1v) is 10.3. The minimum absolute atomic E-state index is 0.0350. The van der Waals surface area contributed by atoms with Crippen LogP contribution in [0.15, 0.2) is 84.1 Å². The Morgan fingerprint density at radius 1 is 0.867 bits per heavy atom. The quantitative estimate of drug-likeness (QED) is 0.547. The van der Waals surface area contributed by atoms with Gasteiger partial charge in [0, 0.05) is 17.7 Å². The van der Waals surface area contributed by atoms with Crippen LogP contribution in [0.2, 0.25) is 0 Å². The molecular weight excluding hydrogens is 375 g/mol. The van der Waals surface area contributed by atoms with Crippen LogP contribution in [-0.4, -0.2) is 5.78 Å². The number of halogens is 1. The van der Waals surface area contributed by atoms with Gasteiger partial charge in [-0.2, -0.15) is 0 Å². The number of para-hydroxylation sites is 2. The summed E-state index contributed by atoms with van der Waals surface area (Å²) < 4.78 is 13.4. The highest BCUT2D eigenvalue weighted by atomic mass is 19.1. The maximum absolute atomic E-state index is 13.4. The molecule has 5 rings (SSSR count). The first-order valence-electron chi connectivity index (χ1n) is 10.3. The molecule has 2 N–H and O–H groups in total. The average molecular weight is 398 g/mol. The monoisotopic (exact) mass is 398 g/mol. The predicted molar refractivity (Wildman–Crippen MR) is 118 cm³/mol. The van der Waals surface area contributed by atoms with Crippen LogP contribution in [0.4, 0.5) is 15.8 Å². The molecule has 1 heterocycles. The summed E-state index contributed by atoms with van der Waals surface area (Å²) in [6, 6.07) is 22.7. The number of nitrogens with one attached hydrogen (secondary N) is 2. The lowest BCUT2D eigenvalue weighted by Gasteiger charge is -2.30. The van der Waals surface area contributed by atoms with Crippen LogP contribution < -0.4 is 10.6 Å². The summed E-state index contributed by atoms with van der Waals surface area (Å²) in [5.41, 5.74) is 6.93. The Hall–Kier alpha value is -3.40. The highest BCUT2D eigenvalue weighted by Gasteiger charge is 2.36. The number of anilines is 2. The summed E-state index contributed by atoms with van der Waals surface area (Å²) in [5.74, 6) is -0.0938. The van der Waals surface area contributed by atoms with Crippen LogP contribution in [0.25, 0.3) is 0 Å². The molecule has 150 valence electrons. The van der Waals surface area contributed by atoms with Crippen molar-refractivity contribution in [2.75, 3.05) is 10.6 Å². The molecule has 4 heteroatoms. The summed E-state index contributed by atoms with van der Waals surface area (Å²) >= 11 is 0. The third-order valence-corrected chi connectivity index (χ3v) is 6.03. The minimum atomic E-state index is -0.258. The number of allylic oxidation sites excluding steroid dienone is 1. The maximum atomic E-state index is 13.4. The van der Waals surface area contributed by atoms with Gasteiger partial charge in [0.25, 0.3) is 0 Å². The maximum Gasteiger partial charge on any atom is 0.163 e. The molecule has 0 spiro atoms. The zero-order valence-electron chi connectivity index (χ0n) is 16.8. The number of fused-ring (bicyclic) bond motifs is 1. The number of rotatable bonds is 2. The normalized spacial score (nSPS) is 20.5. The first kappa shape index (κ1) is 18.6. The first-order chi connectivity index (χ1) is 14.6. The van der Waals surface area contributed by atoms with Gasteiger partial charge in [-0.15, -0.1) is 0 Å². The molecule has 1 aliphatic carbocycles. The third-order valence-electron chi connectivity index (χ3n) is 6.03. The second kappa shape index (κ2) is 7.45. The van der Waals surface area contributed by atoms with E-state index in [1.807, 2.05) is 30.3 Å². The predicted octanol–water partition coefficient (Wildman–Crippen LogP) is 6.11. The van der Waals surface area contributed by atoms with Crippen molar-refractivity contribution in [1.29, 1.82) is 0 Å². The van der Waals surface area contributed by atoms with Crippen molar-refractivity contribution in [1.82, 2.24) is 0 Å². The highest BCUT2D eigenvalue weighted by Crippen LogP contribution is 2.44. The fraction of sp³-hybridized carbons (Fsp3) is 0.192. The summed E-state index contributed by atoms with van der Waals surface area (Å²) in [4.78, 5) is 13.4. The van der Waals surface area contributed by atoms with Gasteiger partial charge in [-0.1, -0.05) is 54.1 Å². The summed E-state index contributed by atoms with van der Waals surface area (Å²) in [6.45, 7) is 2.06. The molecule has 0 saturated heterocycles. The molecule has 2 aliphatic rings. The van der Waals surface area contributed by atoms with Gasteiger partial charge < -0.3 is 10.6 Å². The van der Waals surface area contributed by atoms with Crippen LogP contribution in [-0.2, 0) is 4.79 Å². The molecule has 3 aromatic carbocycles. The van der Waals surface area contributed by atoms with E-state index in [1.165, 1.54) is 12.1 Å². The van der Waals surface area contributed by atoms with Crippen LogP contribution in [0.3, 0.4) is 0 Å². The Balaban J connectivity index is 1.61. The molecule has 30 heavy (non-hydrogen) atoms. The Bertz CT molecular complexity index is 1150. The van der Waals surface area contributed by atoms with Gasteiger partial charge >= 0.3 is 0 Å². The number of Topliss-reactive ketones (excluding diaryl/α,β-unsaturated/α-hetero) is 1. The van der Waals surface area contributed by atoms with Crippen molar-refractivity contribution < 1.29 is 9.18 Å². The van der Waals surface area contributed by atoms with Gasteiger partial charge in [-0.3, -0.25) is 4.79 Å². The third kappa shape index (κ3) is 3.39. The molecule has 2 unspecified atom stereocenters. The van der Waals surface area contributed by atoms with Crippen molar-refractivity contribution in [3.63, 3.8) is 0 Å².